The Morgan fingerprint density at radius 3 is 1.80 bits per heavy atom. The van der Waals surface area contributed by atoms with E-state index < -0.39 is 0 Å². The number of nitrogens with zero attached hydrogens (tertiary/aromatic N) is 4. The van der Waals surface area contributed by atoms with Crippen LogP contribution in [0.2, 0.25) is 0 Å². The van der Waals surface area contributed by atoms with Crippen molar-refractivity contribution in [2.45, 2.75) is 0 Å². The standard InChI is InChI=1S/C41H24N4/c1-2-12-27(13-3-1)39-42-40(33-21-8-14-25-11-4-5-16-28(25)33)44-41(43-39)45-34-22-10-20-32-30-18-7-6-17-29(30)31-19-9-15-26-23-24-35(45)38(36(26)31)37(32)34/h1-24H. The lowest BCUT2D eigenvalue weighted by atomic mass is 9.93. The molecule has 0 N–H and O–H groups in total. The van der Waals surface area contributed by atoms with Crippen molar-refractivity contribution in [3.8, 4) is 51.0 Å². The van der Waals surface area contributed by atoms with E-state index in [0.29, 0.717) is 17.6 Å². The smallest absolute Gasteiger partial charge is 0.238 e. The van der Waals surface area contributed by atoms with Crippen molar-refractivity contribution in [1.29, 1.82) is 0 Å². The SMILES string of the molecule is c1ccc(-c2nc(-c3cccc4ccccc34)nc(-n3c4cccc5c4c4c6c(cccc6ccc43)-c3ccccc3-5)n2)cc1. The van der Waals surface area contributed by atoms with Gasteiger partial charge >= 0.3 is 0 Å². The highest BCUT2D eigenvalue weighted by Crippen LogP contribution is 2.49. The number of rotatable bonds is 3. The highest BCUT2D eigenvalue weighted by molar-refractivity contribution is 6.30. The summed E-state index contributed by atoms with van der Waals surface area (Å²) in [4.78, 5) is 15.5. The zero-order chi connectivity index (χ0) is 29.5. The Hall–Kier alpha value is -6.13. The number of benzene rings is 7. The summed E-state index contributed by atoms with van der Waals surface area (Å²) >= 11 is 0. The third-order valence-corrected chi connectivity index (χ3v) is 9.19. The van der Waals surface area contributed by atoms with E-state index in [1.165, 1.54) is 43.8 Å². The molecule has 45 heavy (non-hydrogen) atoms. The number of hydrogen-bond acceptors (Lipinski definition) is 3. The second kappa shape index (κ2) is 9.18. The molecule has 4 nitrogen and oxygen atoms in total. The zero-order valence-corrected chi connectivity index (χ0v) is 24.1. The molecule has 0 atom stereocenters. The van der Waals surface area contributed by atoms with Gasteiger partial charge in [0.05, 0.1) is 11.0 Å². The van der Waals surface area contributed by atoms with E-state index in [2.05, 4.69) is 132 Å². The average Bonchev–Trinajstić information content (AvgIpc) is 3.39. The number of fused-ring (bicyclic) bond motifs is 4. The summed E-state index contributed by atoms with van der Waals surface area (Å²) in [6.45, 7) is 0. The Kier molecular flexibility index (Phi) is 4.96. The van der Waals surface area contributed by atoms with Crippen LogP contribution in [-0.4, -0.2) is 19.5 Å². The van der Waals surface area contributed by atoms with Crippen molar-refractivity contribution in [2.75, 3.05) is 0 Å². The molecule has 4 heteroatoms. The third-order valence-electron chi connectivity index (χ3n) is 9.19. The fourth-order valence-corrected chi connectivity index (χ4v) is 7.27. The topological polar surface area (TPSA) is 43.6 Å². The van der Waals surface area contributed by atoms with E-state index in [4.69, 9.17) is 15.0 Å². The molecular formula is C41H24N4. The van der Waals surface area contributed by atoms with Crippen LogP contribution in [0.25, 0.3) is 94.3 Å². The Labute approximate surface area is 258 Å². The lowest BCUT2D eigenvalue weighted by molar-refractivity contribution is 0.954. The van der Waals surface area contributed by atoms with Gasteiger partial charge < -0.3 is 0 Å². The van der Waals surface area contributed by atoms with Gasteiger partial charge in [0.1, 0.15) is 0 Å². The average molecular weight is 573 g/mol. The Morgan fingerprint density at radius 2 is 0.956 bits per heavy atom. The van der Waals surface area contributed by atoms with E-state index in [1.807, 2.05) is 18.2 Å². The summed E-state index contributed by atoms with van der Waals surface area (Å²) in [5, 5.41) is 7.22. The molecule has 10 rings (SSSR count). The minimum atomic E-state index is 0.606. The highest BCUT2D eigenvalue weighted by Gasteiger charge is 2.26. The van der Waals surface area contributed by atoms with Crippen molar-refractivity contribution in [3.63, 3.8) is 0 Å². The molecule has 0 spiro atoms. The van der Waals surface area contributed by atoms with Gasteiger partial charge in [0.15, 0.2) is 11.6 Å². The maximum atomic E-state index is 5.26. The number of aromatic nitrogens is 4. The first kappa shape index (κ1) is 24.3. The highest BCUT2D eigenvalue weighted by atomic mass is 15.2. The van der Waals surface area contributed by atoms with Crippen molar-refractivity contribution < 1.29 is 0 Å². The van der Waals surface area contributed by atoms with Crippen LogP contribution < -0.4 is 0 Å². The molecule has 0 saturated carbocycles. The van der Waals surface area contributed by atoms with Gasteiger partial charge in [-0.05, 0) is 55.9 Å². The first-order chi connectivity index (χ1) is 22.3. The summed E-state index contributed by atoms with van der Waals surface area (Å²) in [5.41, 5.74) is 9.07. The molecule has 0 bridgehead atoms. The molecule has 7 aromatic carbocycles. The first-order valence-corrected chi connectivity index (χ1v) is 15.2. The summed E-state index contributed by atoms with van der Waals surface area (Å²) in [6.07, 6.45) is 0. The molecule has 0 radical (unpaired) electrons. The Bertz CT molecular complexity index is 2650. The quantitative estimate of drug-likeness (QED) is 0.212. The minimum Gasteiger partial charge on any atom is -0.278 e. The maximum absolute atomic E-state index is 5.26. The Balaban J connectivity index is 1.36. The fraction of sp³-hybridized carbons (Fsp3) is 0. The normalized spacial score (nSPS) is 12.0. The third kappa shape index (κ3) is 3.45. The van der Waals surface area contributed by atoms with Crippen molar-refractivity contribution in [3.05, 3.63) is 146 Å². The van der Waals surface area contributed by atoms with Crippen LogP contribution in [-0.2, 0) is 0 Å². The summed E-state index contributed by atoms with van der Waals surface area (Å²) in [7, 11) is 0. The predicted molar refractivity (Wildman–Crippen MR) is 184 cm³/mol. The fourth-order valence-electron chi connectivity index (χ4n) is 7.27. The second-order valence-corrected chi connectivity index (χ2v) is 11.6. The van der Waals surface area contributed by atoms with Gasteiger partial charge in [-0.25, -0.2) is 4.98 Å². The van der Waals surface area contributed by atoms with E-state index in [-0.39, 0.29) is 0 Å². The summed E-state index contributed by atoms with van der Waals surface area (Å²) in [6, 6.07) is 51.4. The van der Waals surface area contributed by atoms with Gasteiger partial charge in [-0.2, -0.15) is 9.97 Å². The molecule has 208 valence electrons. The molecule has 0 fully saturated rings. The van der Waals surface area contributed by atoms with Gasteiger partial charge in [-0.15, -0.1) is 0 Å². The predicted octanol–water partition coefficient (Wildman–Crippen LogP) is 10.3. The first-order valence-electron chi connectivity index (χ1n) is 15.2. The van der Waals surface area contributed by atoms with Crippen LogP contribution in [0, 0.1) is 0 Å². The van der Waals surface area contributed by atoms with E-state index >= 15 is 0 Å². The molecular weight excluding hydrogens is 548 g/mol. The van der Waals surface area contributed by atoms with E-state index in [1.54, 1.807) is 0 Å². The van der Waals surface area contributed by atoms with Gasteiger partial charge in [-0.3, -0.25) is 4.57 Å². The largest absolute Gasteiger partial charge is 0.278 e. The lowest BCUT2D eigenvalue weighted by Crippen LogP contribution is -2.06. The van der Waals surface area contributed by atoms with Crippen LogP contribution in [0.1, 0.15) is 0 Å². The van der Waals surface area contributed by atoms with Crippen molar-refractivity contribution in [1.82, 2.24) is 19.5 Å². The summed E-state index contributed by atoms with van der Waals surface area (Å²) in [5.74, 6) is 1.91. The van der Waals surface area contributed by atoms with E-state index in [9.17, 15) is 0 Å². The molecule has 2 heterocycles. The molecule has 0 unspecified atom stereocenters. The molecule has 9 aromatic rings. The minimum absolute atomic E-state index is 0.606. The van der Waals surface area contributed by atoms with Crippen LogP contribution in [0.3, 0.4) is 0 Å². The zero-order valence-electron chi connectivity index (χ0n) is 24.1. The monoisotopic (exact) mass is 572 g/mol. The molecule has 1 aliphatic carbocycles. The summed E-state index contributed by atoms with van der Waals surface area (Å²) < 4.78 is 2.24. The van der Waals surface area contributed by atoms with Gasteiger partial charge in [0.25, 0.3) is 0 Å². The maximum Gasteiger partial charge on any atom is 0.238 e. The number of hydrogen-bond donors (Lipinski definition) is 0. The van der Waals surface area contributed by atoms with Crippen LogP contribution in [0.5, 0.6) is 0 Å². The van der Waals surface area contributed by atoms with Crippen LogP contribution >= 0.6 is 0 Å². The van der Waals surface area contributed by atoms with Gasteiger partial charge in [-0.1, -0.05) is 133 Å². The Morgan fingerprint density at radius 1 is 0.356 bits per heavy atom. The van der Waals surface area contributed by atoms with Crippen LogP contribution in [0.4, 0.5) is 0 Å². The molecule has 0 saturated heterocycles. The molecule has 0 aliphatic heterocycles. The molecule has 0 amide bonds. The molecule has 1 aliphatic rings. The van der Waals surface area contributed by atoms with Crippen LogP contribution in [0.15, 0.2) is 146 Å². The van der Waals surface area contributed by atoms with Crippen molar-refractivity contribution >= 4 is 43.4 Å². The lowest BCUT2D eigenvalue weighted by Gasteiger charge is -2.14. The van der Waals surface area contributed by atoms with Gasteiger partial charge in [0.2, 0.25) is 5.95 Å². The van der Waals surface area contributed by atoms with E-state index in [0.717, 1.165) is 32.9 Å². The van der Waals surface area contributed by atoms with Crippen molar-refractivity contribution in [2.24, 2.45) is 0 Å². The van der Waals surface area contributed by atoms with Gasteiger partial charge in [0, 0.05) is 21.9 Å². The second-order valence-electron chi connectivity index (χ2n) is 11.6. The molecule has 2 aromatic heterocycles.